The minimum Gasteiger partial charge on any atom is -0.354 e. The van der Waals surface area contributed by atoms with Crippen molar-refractivity contribution >= 4 is 11.7 Å². The van der Waals surface area contributed by atoms with E-state index in [4.69, 9.17) is 0 Å². The van der Waals surface area contributed by atoms with Gasteiger partial charge in [-0.15, -0.1) is 0 Å². The second-order valence-corrected chi connectivity index (χ2v) is 4.54. The zero-order chi connectivity index (χ0) is 12.4. The summed E-state index contributed by atoms with van der Waals surface area (Å²) in [4.78, 5) is 23.7. The van der Waals surface area contributed by atoms with Gasteiger partial charge in [-0.05, 0) is 13.3 Å². The van der Waals surface area contributed by atoms with Crippen molar-refractivity contribution in [3.05, 3.63) is 18.1 Å². The number of rotatable bonds is 2. The highest BCUT2D eigenvalue weighted by Crippen LogP contribution is 2.20. The maximum absolute atomic E-state index is 11.3. The molecule has 0 saturated carbocycles. The molecule has 0 radical (unpaired) electrons. The molecule has 17 heavy (non-hydrogen) atoms. The van der Waals surface area contributed by atoms with Gasteiger partial charge in [-0.2, -0.15) is 0 Å². The zero-order valence-electron chi connectivity index (χ0n) is 10.6. The van der Waals surface area contributed by atoms with E-state index in [1.807, 2.05) is 24.9 Å². The van der Waals surface area contributed by atoms with Crippen molar-refractivity contribution < 1.29 is 4.79 Å². The minimum absolute atomic E-state index is 0.121. The largest absolute Gasteiger partial charge is 0.354 e. The Morgan fingerprint density at radius 2 is 2.29 bits per heavy atom. The molecule has 5 heteroatoms. The van der Waals surface area contributed by atoms with Gasteiger partial charge in [0.1, 0.15) is 12.1 Å². The lowest BCUT2D eigenvalue weighted by Crippen LogP contribution is -2.37. The first-order chi connectivity index (χ1) is 8.08. The predicted octanol–water partition coefficient (Wildman–Crippen LogP) is 0.842. The minimum atomic E-state index is 0.121. The van der Waals surface area contributed by atoms with Crippen LogP contribution in [0.25, 0.3) is 0 Å². The molecule has 1 fully saturated rings. The molecule has 1 aliphatic heterocycles. The second kappa shape index (κ2) is 4.69. The molecular formula is C12H18N4O. The number of anilines is 1. The number of hydrogen-bond donors (Lipinski definition) is 0. The molecule has 92 valence electrons. The molecule has 1 aromatic heterocycles. The van der Waals surface area contributed by atoms with Crippen LogP contribution in [0.1, 0.15) is 19.0 Å². The Hall–Kier alpha value is -1.65. The van der Waals surface area contributed by atoms with Gasteiger partial charge in [-0.3, -0.25) is 4.79 Å². The van der Waals surface area contributed by atoms with Crippen LogP contribution in [0.5, 0.6) is 0 Å². The van der Waals surface area contributed by atoms with E-state index in [1.165, 1.54) is 0 Å². The van der Waals surface area contributed by atoms with Gasteiger partial charge >= 0.3 is 0 Å². The first-order valence-corrected chi connectivity index (χ1v) is 5.85. The maximum atomic E-state index is 11.3. The standard InChI is InChI=1S/C12H18N4O/c1-9-6-12(14-8-13-9)16-5-4-11(7-16)15(3)10(2)17/h6,8,11H,4-5,7H2,1-3H3. The van der Waals surface area contributed by atoms with Crippen LogP contribution < -0.4 is 4.90 Å². The number of nitrogens with zero attached hydrogens (tertiary/aromatic N) is 4. The van der Waals surface area contributed by atoms with Crippen LogP contribution in [-0.4, -0.2) is 47.0 Å². The molecule has 0 N–H and O–H groups in total. The van der Waals surface area contributed by atoms with Crippen molar-refractivity contribution in [2.45, 2.75) is 26.3 Å². The van der Waals surface area contributed by atoms with Crippen LogP contribution in [-0.2, 0) is 4.79 Å². The third-order valence-electron chi connectivity index (χ3n) is 3.32. The molecule has 1 unspecified atom stereocenters. The maximum Gasteiger partial charge on any atom is 0.219 e. The van der Waals surface area contributed by atoms with Gasteiger partial charge in [-0.25, -0.2) is 9.97 Å². The summed E-state index contributed by atoms with van der Waals surface area (Å²) in [6.07, 6.45) is 2.59. The van der Waals surface area contributed by atoms with E-state index in [0.717, 1.165) is 31.0 Å². The molecule has 1 saturated heterocycles. The Morgan fingerprint density at radius 1 is 1.53 bits per heavy atom. The average molecular weight is 234 g/mol. The van der Waals surface area contributed by atoms with Crippen molar-refractivity contribution in [1.82, 2.24) is 14.9 Å². The molecule has 0 aliphatic carbocycles. The summed E-state index contributed by atoms with van der Waals surface area (Å²) < 4.78 is 0. The Bertz CT molecular complexity index is 421. The predicted molar refractivity (Wildman–Crippen MR) is 65.8 cm³/mol. The molecule has 5 nitrogen and oxygen atoms in total. The Morgan fingerprint density at radius 3 is 2.94 bits per heavy atom. The number of carbonyl (C=O) groups is 1. The topological polar surface area (TPSA) is 49.3 Å². The van der Waals surface area contributed by atoms with E-state index in [9.17, 15) is 4.79 Å². The van der Waals surface area contributed by atoms with Crippen LogP contribution in [0, 0.1) is 6.92 Å². The lowest BCUT2D eigenvalue weighted by molar-refractivity contribution is -0.129. The van der Waals surface area contributed by atoms with E-state index in [1.54, 1.807) is 13.3 Å². The average Bonchev–Trinajstić information content (AvgIpc) is 2.77. The first-order valence-electron chi connectivity index (χ1n) is 5.85. The number of carbonyl (C=O) groups excluding carboxylic acids is 1. The van der Waals surface area contributed by atoms with Crippen molar-refractivity contribution in [3.63, 3.8) is 0 Å². The summed E-state index contributed by atoms with van der Waals surface area (Å²) in [7, 11) is 1.86. The molecule has 1 aromatic rings. The normalized spacial score (nSPS) is 19.5. The van der Waals surface area contributed by atoms with Crippen molar-refractivity contribution in [2.24, 2.45) is 0 Å². The lowest BCUT2D eigenvalue weighted by Gasteiger charge is -2.23. The molecular weight excluding hydrogens is 216 g/mol. The summed E-state index contributed by atoms with van der Waals surface area (Å²) in [6.45, 7) is 5.36. The number of likely N-dealkylation sites (N-methyl/N-ethyl adjacent to an activating group) is 1. The highest BCUT2D eigenvalue weighted by Gasteiger charge is 2.27. The van der Waals surface area contributed by atoms with Gasteiger partial charge < -0.3 is 9.80 Å². The van der Waals surface area contributed by atoms with Crippen molar-refractivity contribution in [3.8, 4) is 0 Å². The third-order valence-corrected chi connectivity index (χ3v) is 3.32. The van der Waals surface area contributed by atoms with Crippen LogP contribution in [0.2, 0.25) is 0 Å². The van der Waals surface area contributed by atoms with Crippen LogP contribution in [0.15, 0.2) is 12.4 Å². The molecule has 1 atom stereocenters. The zero-order valence-corrected chi connectivity index (χ0v) is 10.6. The Kier molecular flexibility index (Phi) is 3.26. The molecule has 0 aromatic carbocycles. The monoisotopic (exact) mass is 234 g/mol. The fraction of sp³-hybridized carbons (Fsp3) is 0.583. The number of aryl methyl sites for hydroxylation is 1. The Balaban J connectivity index is 2.05. The van der Waals surface area contributed by atoms with E-state index >= 15 is 0 Å². The van der Waals surface area contributed by atoms with E-state index in [2.05, 4.69) is 14.9 Å². The van der Waals surface area contributed by atoms with Gasteiger partial charge in [0.05, 0.1) is 6.04 Å². The highest BCUT2D eigenvalue weighted by molar-refractivity contribution is 5.73. The van der Waals surface area contributed by atoms with E-state index in [-0.39, 0.29) is 5.91 Å². The van der Waals surface area contributed by atoms with Gasteiger partial charge in [-0.1, -0.05) is 0 Å². The summed E-state index contributed by atoms with van der Waals surface area (Å²) in [5.41, 5.74) is 0.971. The van der Waals surface area contributed by atoms with Crippen LogP contribution >= 0.6 is 0 Å². The molecule has 2 rings (SSSR count). The first kappa shape index (κ1) is 11.8. The van der Waals surface area contributed by atoms with Crippen LogP contribution in [0.4, 0.5) is 5.82 Å². The number of aromatic nitrogens is 2. The second-order valence-electron chi connectivity index (χ2n) is 4.54. The van der Waals surface area contributed by atoms with Gasteiger partial charge in [0.15, 0.2) is 0 Å². The summed E-state index contributed by atoms with van der Waals surface area (Å²) in [5, 5.41) is 0. The highest BCUT2D eigenvalue weighted by atomic mass is 16.2. The van der Waals surface area contributed by atoms with Gasteiger partial charge in [0, 0.05) is 38.8 Å². The summed E-state index contributed by atoms with van der Waals surface area (Å²) >= 11 is 0. The van der Waals surface area contributed by atoms with Gasteiger partial charge in [0.25, 0.3) is 0 Å². The smallest absolute Gasteiger partial charge is 0.219 e. The van der Waals surface area contributed by atoms with Crippen LogP contribution in [0.3, 0.4) is 0 Å². The van der Waals surface area contributed by atoms with Gasteiger partial charge in [0.2, 0.25) is 5.91 Å². The molecule has 2 heterocycles. The lowest BCUT2D eigenvalue weighted by atomic mass is 10.2. The van der Waals surface area contributed by atoms with E-state index in [0.29, 0.717) is 6.04 Å². The fourth-order valence-corrected chi connectivity index (χ4v) is 2.14. The molecule has 0 spiro atoms. The molecule has 0 bridgehead atoms. The molecule has 1 amide bonds. The summed E-state index contributed by atoms with van der Waals surface area (Å²) in [6, 6.07) is 2.28. The quantitative estimate of drug-likeness (QED) is 0.761. The Labute approximate surface area is 101 Å². The number of hydrogen-bond acceptors (Lipinski definition) is 4. The SMILES string of the molecule is CC(=O)N(C)C1CCN(c2cc(C)ncn2)C1. The summed E-state index contributed by atoms with van der Waals surface area (Å²) in [5.74, 6) is 1.08. The van der Waals surface area contributed by atoms with Crippen molar-refractivity contribution in [2.75, 3.05) is 25.0 Å². The number of amides is 1. The fourth-order valence-electron chi connectivity index (χ4n) is 2.14. The van der Waals surface area contributed by atoms with Crippen molar-refractivity contribution in [1.29, 1.82) is 0 Å². The third kappa shape index (κ3) is 2.54. The van der Waals surface area contributed by atoms with E-state index < -0.39 is 0 Å². The molecule has 1 aliphatic rings.